The van der Waals surface area contributed by atoms with Crippen LogP contribution in [0.25, 0.3) is 10.9 Å². The van der Waals surface area contributed by atoms with Gasteiger partial charge in [0.15, 0.2) is 16.7 Å². The Hall–Kier alpha value is -2.19. The van der Waals surface area contributed by atoms with Gasteiger partial charge in [0.2, 0.25) is 5.75 Å². The van der Waals surface area contributed by atoms with Crippen molar-refractivity contribution < 1.29 is 14.2 Å². The van der Waals surface area contributed by atoms with Gasteiger partial charge in [-0.05, 0) is 46.0 Å². The fraction of sp³-hybridized carbons (Fsp3) is 0.630. The first kappa shape index (κ1) is 35.0. The van der Waals surface area contributed by atoms with Crippen LogP contribution in [-0.2, 0) is 6.54 Å². The number of methoxy groups -OCH3 is 3. The molecule has 2 aromatic rings. The Morgan fingerprint density at radius 3 is 2.20 bits per heavy atom. The number of hydrogen-bond donors (Lipinski definition) is 0. The zero-order chi connectivity index (χ0) is 24.8. The van der Waals surface area contributed by atoms with E-state index >= 15 is 0 Å². The maximum absolute atomic E-state index is 13.5. The van der Waals surface area contributed by atoms with Crippen LogP contribution in [-0.4, -0.2) is 62.2 Å². The number of unbranched alkanes of at least 4 members (excludes halogenated alkanes) is 3. The molecule has 0 fully saturated rings. The molecule has 0 unspecified atom stereocenters. The number of thioether (sulfide) groups is 1. The molecule has 0 spiro atoms. The van der Waals surface area contributed by atoms with Gasteiger partial charge >= 0.3 is 0 Å². The van der Waals surface area contributed by atoms with Gasteiger partial charge in [0, 0.05) is 12.3 Å². The number of fused-ring (bicyclic) bond motifs is 1. The number of aromatic nitrogens is 2. The van der Waals surface area contributed by atoms with Crippen LogP contribution in [0.1, 0.15) is 60.8 Å². The first-order chi connectivity index (χ1) is 16.0. The standard InChI is InChI=1S/C23H35N3O4S.C2H6.2CH4/c1-7-8-15-31-23-24-19-17(16-18(28-4)20(29-5)21(19)30-6)22(27)26(23)14-12-10-9-11-13-25(2)3;1-2;;/h7,16H,1,8-15H2,2-6H3;1-2H3;2*1H4. The number of ether oxygens (including phenoxy) is 3. The molecular formula is C27H49N3O4S. The van der Waals surface area contributed by atoms with E-state index in [1.807, 2.05) is 19.9 Å². The van der Waals surface area contributed by atoms with Gasteiger partial charge < -0.3 is 19.1 Å². The Balaban J connectivity index is 0. The van der Waals surface area contributed by atoms with E-state index in [1.54, 1.807) is 43.7 Å². The average molecular weight is 512 g/mol. The molecule has 0 aliphatic carbocycles. The van der Waals surface area contributed by atoms with Crippen molar-refractivity contribution in [3.05, 3.63) is 29.1 Å². The van der Waals surface area contributed by atoms with Crippen LogP contribution in [0.15, 0.2) is 28.7 Å². The average Bonchev–Trinajstić information content (AvgIpc) is 2.82. The van der Waals surface area contributed by atoms with Gasteiger partial charge in [0.05, 0.1) is 26.7 Å². The molecule has 0 N–H and O–H groups in total. The van der Waals surface area contributed by atoms with Crippen LogP contribution < -0.4 is 19.8 Å². The maximum atomic E-state index is 13.5. The van der Waals surface area contributed by atoms with E-state index < -0.39 is 0 Å². The van der Waals surface area contributed by atoms with E-state index in [0.717, 1.165) is 44.4 Å². The second kappa shape index (κ2) is 19.1. The lowest BCUT2D eigenvalue weighted by Gasteiger charge is -2.17. The number of hydrogen-bond acceptors (Lipinski definition) is 7. The number of benzene rings is 1. The van der Waals surface area contributed by atoms with Crippen molar-refractivity contribution in [2.75, 3.05) is 47.7 Å². The van der Waals surface area contributed by atoms with Crippen molar-refractivity contribution in [1.82, 2.24) is 14.5 Å². The lowest BCUT2D eigenvalue weighted by molar-refractivity contribution is 0.326. The molecule has 0 saturated heterocycles. The second-order valence-electron chi connectivity index (χ2n) is 7.54. The summed E-state index contributed by atoms with van der Waals surface area (Å²) in [6.45, 7) is 9.51. The molecule has 2 rings (SSSR count). The third-order valence-electron chi connectivity index (χ3n) is 5.01. The molecule has 0 amide bonds. The van der Waals surface area contributed by atoms with E-state index in [2.05, 4.69) is 25.6 Å². The van der Waals surface area contributed by atoms with Crippen LogP contribution in [0.5, 0.6) is 17.2 Å². The SMILES string of the molecule is C.C.C=CCCSc1nc2c(OC)c(OC)c(OC)cc2c(=O)n1CCCCCCN(C)C.CC. The molecule has 0 aliphatic heterocycles. The van der Waals surface area contributed by atoms with Gasteiger partial charge in [-0.1, -0.05) is 59.4 Å². The molecular weight excluding hydrogens is 462 g/mol. The number of nitrogens with zero attached hydrogens (tertiary/aromatic N) is 3. The summed E-state index contributed by atoms with van der Waals surface area (Å²) in [4.78, 5) is 20.5. The normalized spacial score (nSPS) is 10.1. The molecule has 0 atom stereocenters. The highest BCUT2D eigenvalue weighted by Crippen LogP contribution is 2.42. The Labute approximate surface area is 217 Å². The van der Waals surface area contributed by atoms with E-state index in [-0.39, 0.29) is 20.4 Å². The second-order valence-corrected chi connectivity index (χ2v) is 8.60. The predicted molar refractivity (Wildman–Crippen MR) is 153 cm³/mol. The van der Waals surface area contributed by atoms with Crippen LogP contribution in [0, 0.1) is 0 Å². The zero-order valence-electron chi connectivity index (χ0n) is 21.4. The van der Waals surface area contributed by atoms with Gasteiger partial charge in [-0.2, -0.15) is 0 Å². The fourth-order valence-corrected chi connectivity index (χ4v) is 4.35. The lowest BCUT2D eigenvalue weighted by Crippen LogP contribution is -2.24. The van der Waals surface area contributed by atoms with Crippen molar-refractivity contribution in [3.63, 3.8) is 0 Å². The van der Waals surface area contributed by atoms with E-state index in [0.29, 0.717) is 39.9 Å². The van der Waals surface area contributed by atoms with E-state index in [4.69, 9.17) is 19.2 Å². The molecule has 1 heterocycles. The minimum atomic E-state index is -0.0846. The fourth-order valence-electron chi connectivity index (χ4n) is 3.40. The third-order valence-corrected chi connectivity index (χ3v) is 6.02. The van der Waals surface area contributed by atoms with Crippen molar-refractivity contribution >= 4 is 22.7 Å². The molecule has 202 valence electrons. The predicted octanol–water partition coefficient (Wildman–Crippen LogP) is 6.51. The molecule has 1 aromatic heterocycles. The highest BCUT2D eigenvalue weighted by Gasteiger charge is 2.21. The summed E-state index contributed by atoms with van der Waals surface area (Å²) in [5, 5.41) is 1.16. The van der Waals surface area contributed by atoms with Gasteiger partial charge in [0.25, 0.3) is 5.56 Å². The van der Waals surface area contributed by atoms with Gasteiger partial charge in [-0.25, -0.2) is 4.98 Å². The van der Waals surface area contributed by atoms with E-state index in [9.17, 15) is 4.79 Å². The molecule has 0 saturated carbocycles. The Kier molecular flexibility index (Phi) is 19.0. The molecule has 0 bridgehead atoms. The number of rotatable bonds is 14. The number of allylic oxidation sites excluding steroid dienone is 1. The monoisotopic (exact) mass is 511 g/mol. The summed E-state index contributed by atoms with van der Waals surface area (Å²) in [7, 11) is 8.81. The molecule has 7 nitrogen and oxygen atoms in total. The van der Waals surface area contributed by atoms with Crippen LogP contribution >= 0.6 is 11.8 Å². The van der Waals surface area contributed by atoms with Crippen molar-refractivity contribution in [2.24, 2.45) is 0 Å². The van der Waals surface area contributed by atoms with Gasteiger partial charge in [-0.3, -0.25) is 9.36 Å². The van der Waals surface area contributed by atoms with E-state index in [1.165, 1.54) is 0 Å². The Morgan fingerprint density at radius 1 is 1.03 bits per heavy atom. The summed E-state index contributed by atoms with van der Waals surface area (Å²) >= 11 is 1.56. The van der Waals surface area contributed by atoms with Crippen LogP contribution in [0.2, 0.25) is 0 Å². The summed E-state index contributed by atoms with van der Waals surface area (Å²) in [6, 6.07) is 1.69. The Bertz CT molecular complexity index is 929. The quantitative estimate of drug-likeness (QED) is 0.124. The molecule has 35 heavy (non-hydrogen) atoms. The van der Waals surface area contributed by atoms with Crippen molar-refractivity contribution in [3.8, 4) is 17.2 Å². The van der Waals surface area contributed by atoms with Crippen LogP contribution in [0.3, 0.4) is 0 Å². The summed E-state index contributed by atoms with van der Waals surface area (Å²) < 4.78 is 18.3. The highest BCUT2D eigenvalue weighted by atomic mass is 32.2. The smallest absolute Gasteiger partial charge is 0.262 e. The van der Waals surface area contributed by atoms with Crippen molar-refractivity contribution in [1.29, 1.82) is 0 Å². The summed E-state index contributed by atoms with van der Waals surface area (Å²) in [5.41, 5.74) is 0.409. The molecule has 8 heteroatoms. The molecule has 0 aliphatic rings. The molecule has 0 radical (unpaired) electrons. The third kappa shape index (κ3) is 9.76. The largest absolute Gasteiger partial charge is 0.493 e. The van der Waals surface area contributed by atoms with Gasteiger partial charge in [0.1, 0.15) is 5.52 Å². The molecule has 1 aromatic carbocycles. The first-order valence-corrected chi connectivity index (χ1v) is 12.6. The minimum absolute atomic E-state index is 0. The maximum Gasteiger partial charge on any atom is 0.262 e. The van der Waals surface area contributed by atoms with Crippen molar-refractivity contribution in [2.45, 2.75) is 72.5 Å². The zero-order valence-corrected chi connectivity index (χ0v) is 22.2. The highest BCUT2D eigenvalue weighted by molar-refractivity contribution is 7.99. The van der Waals surface area contributed by atoms with Gasteiger partial charge in [-0.15, -0.1) is 6.58 Å². The topological polar surface area (TPSA) is 65.8 Å². The lowest BCUT2D eigenvalue weighted by atomic mass is 10.1. The van der Waals surface area contributed by atoms with Crippen LogP contribution in [0.4, 0.5) is 0 Å². The first-order valence-electron chi connectivity index (χ1n) is 11.6. The minimum Gasteiger partial charge on any atom is -0.493 e. The summed E-state index contributed by atoms with van der Waals surface area (Å²) in [6.07, 6.45) is 7.02. The summed E-state index contributed by atoms with van der Waals surface area (Å²) in [5.74, 6) is 2.10. The Morgan fingerprint density at radius 2 is 1.66 bits per heavy atom.